The smallest absolute Gasteiger partial charge is 0.475 e. The molecule has 5 nitrogen and oxygen atoms in total. The van der Waals surface area contributed by atoms with E-state index in [4.69, 9.17) is 15.0 Å². The third kappa shape index (κ3) is 6.50. The van der Waals surface area contributed by atoms with Crippen molar-refractivity contribution in [3.05, 3.63) is 53.8 Å². The number of rotatable bonds is 2. The van der Waals surface area contributed by atoms with Gasteiger partial charge < -0.3 is 10.2 Å². The molecule has 3 N–H and O–H groups in total. The maximum Gasteiger partial charge on any atom is 0.490 e. The Morgan fingerprint density at radius 2 is 1.64 bits per heavy atom. The second-order valence-corrected chi connectivity index (χ2v) is 4.79. The number of halogens is 4. The lowest BCUT2D eigenvalue weighted by Gasteiger charge is -2.10. The van der Waals surface area contributed by atoms with E-state index in [0.29, 0.717) is 11.3 Å². The summed E-state index contributed by atoms with van der Waals surface area (Å²) in [6.45, 7) is 1.92. The molecule has 0 radical (unpaired) electrons. The van der Waals surface area contributed by atoms with Gasteiger partial charge >= 0.3 is 18.2 Å². The van der Waals surface area contributed by atoms with Crippen LogP contribution >= 0.6 is 0 Å². The maximum absolute atomic E-state index is 13.3. The number of aliphatic carboxylic acids is 1. The van der Waals surface area contributed by atoms with Crippen molar-refractivity contribution in [1.29, 1.82) is 0 Å². The predicted molar refractivity (Wildman–Crippen MR) is 81.9 cm³/mol. The summed E-state index contributed by atoms with van der Waals surface area (Å²) in [5.74, 6) is -3.16. The SMILES string of the molecule is Cc1cccc(-c2cc(F)ccc2NC(=O)O)c1.O=C(O)C(F)(F)F. The van der Waals surface area contributed by atoms with E-state index in [2.05, 4.69) is 5.32 Å². The fourth-order valence-corrected chi connectivity index (χ4v) is 1.79. The Morgan fingerprint density at radius 1 is 1.04 bits per heavy atom. The molecule has 0 heterocycles. The van der Waals surface area contributed by atoms with Crippen molar-refractivity contribution in [1.82, 2.24) is 0 Å². The number of amides is 1. The largest absolute Gasteiger partial charge is 0.490 e. The highest BCUT2D eigenvalue weighted by Crippen LogP contribution is 2.29. The van der Waals surface area contributed by atoms with E-state index in [1.54, 1.807) is 0 Å². The molecule has 0 spiro atoms. The number of carbonyl (C=O) groups is 2. The molecule has 1 amide bonds. The number of benzene rings is 2. The van der Waals surface area contributed by atoms with Gasteiger partial charge in [-0.15, -0.1) is 0 Å². The standard InChI is InChI=1S/C14H12FNO2.C2HF3O2/c1-9-3-2-4-10(7-9)12-8-11(15)5-6-13(12)16-14(17)18;3-2(4,5)1(6)7/h2-8,16H,1H3,(H,17,18);(H,6,7). The molecule has 0 aliphatic carbocycles. The van der Waals surface area contributed by atoms with Gasteiger partial charge in [0.25, 0.3) is 0 Å². The highest BCUT2D eigenvalue weighted by atomic mass is 19.4. The second-order valence-electron chi connectivity index (χ2n) is 4.79. The van der Waals surface area contributed by atoms with Gasteiger partial charge in [-0.3, -0.25) is 5.32 Å². The average Bonchev–Trinajstić information content (AvgIpc) is 2.48. The Labute approximate surface area is 139 Å². The van der Waals surface area contributed by atoms with Crippen LogP contribution in [0.5, 0.6) is 0 Å². The lowest BCUT2D eigenvalue weighted by atomic mass is 10.0. The lowest BCUT2D eigenvalue weighted by molar-refractivity contribution is -0.192. The number of hydrogen-bond donors (Lipinski definition) is 3. The Bertz CT molecular complexity index is 775. The highest BCUT2D eigenvalue weighted by molar-refractivity contribution is 5.90. The molecule has 0 aliphatic rings. The number of carboxylic acids is 1. The molecule has 0 saturated heterocycles. The normalized spacial score (nSPS) is 10.4. The zero-order chi connectivity index (χ0) is 19.2. The van der Waals surface area contributed by atoms with Gasteiger partial charge in [0.05, 0.1) is 5.69 Å². The van der Waals surface area contributed by atoms with Crippen molar-refractivity contribution in [3.63, 3.8) is 0 Å². The average molecular weight is 359 g/mol. The topological polar surface area (TPSA) is 86.6 Å². The maximum atomic E-state index is 13.3. The number of anilines is 1. The minimum absolute atomic E-state index is 0.370. The van der Waals surface area contributed by atoms with Crippen LogP contribution in [-0.2, 0) is 4.79 Å². The van der Waals surface area contributed by atoms with Gasteiger partial charge in [-0.2, -0.15) is 13.2 Å². The van der Waals surface area contributed by atoms with Crippen LogP contribution in [0.15, 0.2) is 42.5 Å². The number of nitrogens with one attached hydrogen (secondary N) is 1. The van der Waals surface area contributed by atoms with Crippen molar-refractivity contribution < 1.29 is 37.4 Å². The first kappa shape index (κ1) is 19.9. The Balaban J connectivity index is 0.000000381. The zero-order valence-corrected chi connectivity index (χ0v) is 12.8. The highest BCUT2D eigenvalue weighted by Gasteiger charge is 2.38. The molecule has 25 heavy (non-hydrogen) atoms. The van der Waals surface area contributed by atoms with E-state index in [1.807, 2.05) is 31.2 Å². The van der Waals surface area contributed by atoms with Crippen molar-refractivity contribution in [2.45, 2.75) is 13.1 Å². The van der Waals surface area contributed by atoms with Gasteiger partial charge in [-0.05, 0) is 30.7 Å². The van der Waals surface area contributed by atoms with Gasteiger partial charge in [0.2, 0.25) is 0 Å². The zero-order valence-electron chi connectivity index (χ0n) is 12.8. The number of hydrogen-bond acceptors (Lipinski definition) is 2. The Hall–Kier alpha value is -3.10. The first-order valence-corrected chi connectivity index (χ1v) is 6.67. The molecule has 0 bridgehead atoms. The summed E-state index contributed by atoms with van der Waals surface area (Å²) in [6.07, 6.45) is -6.25. The Kier molecular flexibility index (Phi) is 6.49. The monoisotopic (exact) mass is 359 g/mol. The van der Waals surface area contributed by atoms with Crippen molar-refractivity contribution in [2.24, 2.45) is 0 Å². The molecule has 2 rings (SSSR count). The van der Waals surface area contributed by atoms with Gasteiger partial charge in [0.1, 0.15) is 5.82 Å². The molecule has 0 atom stereocenters. The minimum atomic E-state index is -5.08. The summed E-state index contributed by atoms with van der Waals surface area (Å²) in [7, 11) is 0. The van der Waals surface area contributed by atoms with Crippen molar-refractivity contribution in [2.75, 3.05) is 5.32 Å². The van der Waals surface area contributed by atoms with E-state index in [9.17, 15) is 22.4 Å². The summed E-state index contributed by atoms with van der Waals surface area (Å²) < 4.78 is 45.0. The molecule has 0 aliphatic heterocycles. The quantitative estimate of drug-likeness (QED) is 0.688. The summed E-state index contributed by atoms with van der Waals surface area (Å²) in [6, 6.07) is 11.4. The third-order valence-corrected chi connectivity index (χ3v) is 2.79. The molecule has 0 fully saturated rings. The van der Waals surface area contributed by atoms with Crippen LogP contribution in [0.3, 0.4) is 0 Å². The van der Waals surface area contributed by atoms with E-state index in [0.717, 1.165) is 11.1 Å². The Morgan fingerprint density at radius 3 is 2.12 bits per heavy atom. The summed E-state index contributed by atoms with van der Waals surface area (Å²) in [5, 5.41) is 18.2. The number of carboxylic acid groups (broad SMARTS) is 2. The lowest BCUT2D eigenvalue weighted by Crippen LogP contribution is -2.21. The molecular formula is C16H13F4NO4. The fraction of sp³-hybridized carbons (Fsp3) is 0.125. The molecule has 9 heteroatoms. The van der Waals surface area contributed by atoms with Gasteiger partial charge in [0, 0.05) is 5.56 Å². The van der Waals surface area contributed by atoms with E-state index in [1.165, 1.54) is 18.2 Å². The van der Waals surface area contributed by atoms with Crippen LogP contribution in [0, 0.1) is 12.7 Å². The predicted octanol–water partition coefficient (Wildman–Crippen LogP) is 4.52. The second kappa shape index (κ2) is 8.13. The van der Waals surface area contributed by atoms with Crippen molar-refractivity contribution >= 4 is 17.7 Å². The molecular weight excluding hydrogens is 346 g/mol. The van der Waals surface area contributed by atoms with E-state index in [-0.39, 0.29) is 0 Å². The molecule has 0 saturated carbocycles. The van der Waals surface area contributed by atoms with Crippen LogP contribution in [-0.4, -0.2) is 28.5 Å². The van der Waals surface area contributed by atoms with Gasteiger partial charge in [-0.1, -0.05) is 29.8 Å². The van der Waals surface area contributed by atoms with Crippen molar-refractivity contribution in [3.8, 4) is 11.1 Å². The first-order valence-electron chi connectivity index (χ1n) is 6.67. The molecule has 2 aromatic carbocycles. The summed E-state index contributed by atoms with van der Waals surface area (Å²) >= 11 is 0. The van der Waals surface area contributed by atoms with Crippen LogP contribution in [0.2, 0.25) is 0 Å². The van der Waals surface area contributed by atoms with Crippen LogP contribution in [0.1, 0.15) is 5.56 Å². The van der Waals surface area contributed by atoms with Crippen LogP contribution in [0.4, 0.5) is 28.0 Å². The molecule has 0 unspecified atom stereocenters. The van der Waals surface area contributed by atoms with Crippen LogP contribution < -0.4 is 5.32 Å². The first-order chi connectivity index (χ1) is 11.5. The van der Waals surface area contributed by atoms with E-state index < -0.39 is 24.1 Å². The fourth-order valence-electron chi connectivity index (χ4n) is 1.79. The number of aryl methyl sites for hydroxylation is 1. The third-order valence-electron chi connectivity index (χ3n) is 2.79. The van der Waals surface area contributed by atoms with Crippen LogP contribution in [0.25, 0.3) is 11.1 Å². The van der Waals surface area contributed by atoms with Gasteiger partial charge in [-0.25, -0.2) is 14.0 Å². The van der Waals surface area contributed by atoms with E-state index >= 15 is 0 Å². The summed E-state index contributed by atoms with van der Waals surface area (Å²) in [4.78, 5) is 19.6. The summed E-state index contributed by atoms with van der Waals surface area (Å²) in [5.41, 5.74) is 2.70. The molecule has 0 aromatic heterocycles. The molecule has 134 valence electrons. The molecule has 2 aromatic rings. The number of alkyl halides is 3. The minimum Gasteiger partial charge on any atom is -0.475 e. The van der Waals surface area contributed by atoms with Gasteiger partial charge in [0.15, 0.2) is 0 Å².